The molecule has 6 nitrogen and oxygen atoms in total. The first kappa shape index (κ1) is 18.7. The lowest BCUT2D eigenvalue weighted by molar-refractivity contribution is -0.116. The van der Waals surface area contributed by atoms with Crippen molar-refractivity contribution in [2.24, 2.45) is 0 Å². The number of halogens is 2. The van der Waals surface area contributed by atoms with Crippen LogP contribution in [0.4, 0.5) is 5.69 Å². The molecule has 2 heterocycles. The minimum Gasteiger partial charge on any atom is -0.322 e. The molecule has 1 aromatic carbocycles. The van der Waals surface area contributed by atoms with Crippen LogP contribution < -0.4 is 5.32 Å². The van der Waals surface area contributed by atoms with Crippen molar-refractivity contribution in [2.75, 3.05) is 5.32 Å². The van der Waals surface area contributed by atoms with Gasteiger partial charge in [-0.1, -0.05) is 36.2 Å². The molecule has 0 aliphatic rings. The monoisotopic (exact) mass is 409 g/mol. The highest BCUT2D eigenvalue weighted by molar-refractivity contribution is 7.71. The molecule has 1 amide bonds. The Morgan fingerprint density at radius 3 is 2.46 bits per heavy atom. The first-order valence-electron chi connectivity index (χ1n) is 8.07. The van der Waals surface area contributed by atoms with Gasteiger partial charge in [-0.25, -0.2) is 9.36 Å². The van der Waals surface area contributed by atoms with Crippen LogP contribution in [-0.4, -0.2) is 25.0 Å². The van der Waals surface area contributed by atoms with Crippen molar-refractivity contribution >= 4 is 47.0 Å². The molecule has 0 saturated heterocycles. The summed E-state index contributed by atoms with van der Waals surface area (Å²) in [6.07, 6.45) is 5.41. The summed E-state index contributed by atoms with van der Waals surface area (Å²) in [4.78, 5) is 12.5. The van der Waals surface area contributed by atoms with Crippen LogP contribution in [0.1, 0.15) is 19.2 Å². The minimum atomic E-state index is -0.309. The number of nitrogens with zero attached hydrogens (tertiary/aromatic N) is 4. The summed E-state index contributed by atoms with van der Waals surface area (Å²) in [5, 5.41) is 7.98. The molecule has 9 heteroatoms. The molecule has 0 saturated carbocycles. The number of para-hydroxylation sites is 1. The Kier molecular flexibility index (Phi) is 5.80. The predicted octanol–water partition coefficient (Wildman–Crippen LogP) is 4.42. The van der Waals surface area contributed by atoms with Crippen molar-refractivity contribution in [3.63, 3.8) is 0 Å². The molecular formula is C17H17Cl2N5OS. The first-order chi connectivity index (χ1) is 12.5. The molecule has 0 bridgehead atoms. The molecular weight excluding hydrogens is 393 g/mol. The topological polar surface area (TPSA) is 56.8 Å². The highest BCUT2D eigenvalue weighted by atomic mass is 35.5. The maximum absolute atomic E-state index is 12.5. The quantitative estimate of drug-likeness (QED) is 0.612. The van der Waals surface area contributed by atoms with E-state index in [1.54, 1.807) is 18.2 Å². The van der Waals surface area contributed by atoms with Crippen molar-refractivity contribution in [3.05, 3.63) is 63.4 Å². The van der Waals surface area contributed by atoms with Gasteiger partial charge in [0.25, 0.3) is 0 Å². The molecule has 0 aliphatic carbocycles. The summed E-state index contributed by atoms with van der Waals surface area (Å²) in [6.45, 7) is 2.03. The van der Waals surface area contributed by atoms with E-state index in [4.69, 9.17) is 35.4 Å². The van der Waals surface area contributed by atoms with Gasteiger partial charge in [-0.15, -0.1) is 0 Å². The third-order valence-corrected chi connectivity index (χ3v) is 4.71. The summed E-state index contributed by atoms with van der Waals surface area (Å²) in [5.41, 5.74) is 0.381. The van der Waals surface area contributed by atoms with Gasteiger partial charge in [-0.3, -0.25) is 9.47 Å². The second-order valence-corrected chi connectivity index (χ2v) is 6.81. The van der Waals surface area contributed by atoms with Crippen LogP contribution >= 0.6 is 35.4 Å². The molecule has 1 N–H and O–H groups in total. The molecule has 3 rings (SSSR count). The third-order valence-electron chi connectivity index (χ3n) is 3.70. The lowest BCUT2D eigenvalue weighted by Gasteiger charge is -2.09. The normalized spacial score (nSPS) is 10.9. The standard InChI is InChI=1S/C17H17Cl2N5OS/c1-2-6-14-21-23(17(26)24(14)22-9-3-4-10-22)11-15(25)20-16-12(18)7-5-8-13(16)19/h3-5,7-10H,2,6,11H2,1H3,(H,20,25). The maximum atomic E-state index is 12.5. The lowest BCUT2D eigenvalue weighted by atomic mass is 10.3. The Labute approximate surface area is 165 Å². The summed E-state index contributed by atoms with van der Waals surface area (Å²) in [7, 11) is 0. The summed E-state index contributed by atoms with van der Waals surface area (Å²) in [6, 6.07) is 8.84. The number of benzene rings is 1. The van der Waals surface area contributed by atoms with E-state index in [9.17, 15) is 4.79 Å². The molecule has 136 valence electrons. The van der Waals surface area contributed by atoms with Gasteiger partial charge in [0.2, 0.25) is 10.7 Å². The van der Waals surface area contributed by atoms with Crippen molar-refractivity contribution in [1.82, 2.24) is 19.1 Å². The molecule has 3 aromatic rings. The van der Waals surface area contributed by atoms with Crippen molar-refractivity contribution < 1.29 is 4.79 Å². The molecule has 0 atom stereocenters. The van der Waals surface area contributed by atoms with E-state index < -0.39 is 0 Å². The van der Waals surface area contributed by atoms with E-state index in [0.29, 0.717) is 20.5 Å². The zero-order chi connectivity index (χ0) is 18.7. The average Bonchev–Trinajstić information content (AvgIpc) is 3.21. The predicted molar refractivity (Wildman–Crippen MR) is 105 cm³/mol. The number of nitrogens with one attached hydrogen (secondary N) is 1. The molecule has 0 aliphatic heterocycles. The number of rotatable bonds is 6. The molecule has 2 aromatic heterocycles. The number of carbonyl (C=O) groups is 1. The van der Waals surface area contributed by atoms with Crippen LogP contribution in [0.3, 0.4) is 0 Å². The summed E-state index contributed by atoms with van der Waals surface area (Å²) >= 11 is 17.7. The third kappa shape index (κ3) is 3.85. The van der Waals surface area contributed by atoms with E-state index in [-0.39, 0.29) is 12.5 Å². The Hall–Kier alpha value is -2.09. The van der Waals surface area contributed by atoms with Gasteiger partial charge in [0.1, 0.15) is 6.54 Å². The van der Waals surface area contributed by atoms with Crippen LogP contribution in [-0.2, 0) is 17.8 Å². The maximum Gasteiger partial charge on any atom is 0.246 e. The lowest BCUT2D eigenvalue weighted by Crippen LogP contribution is -2.20. The van der Waals surface area contributed by atoms with E-state index in [0.717, 1.165) is 18.7 Å². The highest BCUT2D eigenvalue weighted by Crippen LogP contribution is 2.29. The Morgan fingerprint density at radius 2 is 1.85 bits per heavy atom. The van der Waals surface area contributed by atoms with Gasteiger partial charge < -0.3 is 5.32 Å². The van der Waals surface area contributed by atoms with Gasteiger partial charge in [0, 0.05) is 18.8 Å². The fourth-order valence-electron chi connectivity index (χ4n) is 2.55. The second kappa shape index (κ2) is 8.07. The van der Waals surface area contributed by atoms with Gasteiger partial charge in [-0.2, -0.15) is 5.10 Å². The van der Waals surface area contributed by atoms with E-state index >= 15 is 0 Å². The number of hydrogen-bond acceptors (Lipinski definition) is 3. The average molecular weight is 410 g/mol. The fraction of sp³-hybridized carbons (Fsp3) is 0.235. The number of anilines is 1. The fourth-order valence-corrected chi connectivity index (χ4v) is 3.35. The largest absolute Gasteiger partial charge is 0.322 e. The van der Waals surface area contributed by atoms with Crippen LogP contribution in [0.25, 0.3) is 0 Å². The van der Waals surface area contributed by atoms with Crippen molar-refractivity contribution in [2.45, 2.75) is 26.3 Å². The Bertz CT molecular complexity index is 957. The van der Waals surface area contributed by atoms with Crippen LogP contribution in [0, 0.1) is 4.77 Å². The van der Waals surface area contributed by atoms with Gasteiger partial charge in [-0.05, 0) is 42.9 Å². The smallest absolute Gasteiger partial charge is 0.246 e. The molecule has 0 fully saturated rings. The number of hydrogen-bond donors (Lipinski definition) is 1. The highest BCUT2D eigenvalue weighted by Gasteiger charge is 2.15. The van der Waals surface area contributed by atoms with Gasteiger partial charge in [0.15, 0.2) is 5.82 Å². The zero-order valence-electron chi connectivity index (χ0n) is 14.0. The van der Waals surface area contributed by atoms with Crippen LogP contribution in [0.15, 0.2) is 42.7 Å². The molecule has 26 heavy (non-hydrogen) atoms. The van der Waals surface area contributed by atoms with Crippen molar-refractivity contribution in [3.8, 4) is 0 Å². The second-order valence-electron chi connectivity index (χ2n) is 5.63. The van der Waals surface area contributed by atoms with E-state index in [1.165, 1.54) is 4.68 Å². The first-order valence-corrected chi connectivity index (χ1v) is 9.24. The summed E-state index contributed by atoms with van der Waals surface area (Å²) < 4.78 is 5.60. The number of aromatic nitrogens is 4. The van der Waals surface area contributed by atoms with Crippen LogP contribution in [0.5, 0.6) is 0 Å². The van der Waals surface area contributed by atoms with Crippen molar-refractivity contribution in [1.29, 1.82) is 0 Å². The Balaban J connectivity index is 1.87. The molecule has 0 spiro atoms. The zero-order valence-corrected chi connectivity index (χ0v) is 16.4. The van der Waals surface area contributed by atoms with Gasteiger partial charge >= 0.3 is 0 Å². The Morgan fingerprint density at radius 1 is 1.19 bits per heavy atom. The van der Waals surface area contributed by atoms with E-state index in [2.05, 4.69) is 17.3 Å². The number of amides is 1. The van der Waals surface area contributed by atoms with Crippen LogP contribution in [0.2, 0.25) is 10.0 Å². The summed E-state index contributed by atoms with van der Waals surface area (Å²) in [5.74, 6) is 0.480. The van der Waals surface area contributed by atoms with E-state index in [1.807, 2.05) is 33.9 Å². The molecule has 0 unspecified atom stereocenters. The minimum absolute atomic E-state index is 0.0363. The molecule has 0 radical (unpaired) electrons. The van der Waals surface area contributed by atoms with Gasteiger partial charge in [0.05, 0.1) is 15.7 Å². The SMILES string of the molecule is CCCc1nn(CC(=O)Nc2c(Cl)cccc2Cl)c(=S)n1-n1cccc1. The number of aryl methyl sites for hydroxylation is 1. The number of carbonyl (C=O) groups excluding carboxylic acids is 1.